The average Bonchev–Trinajstić information content (AvgIpc) is 2.91. The van der Waals surface area contributed by atoms with Crippen molar-refractivity contribution in [2.24, 2.45) is 0 Å². The molecule has 0 saturated carbocycles. The van der Waals surface area contributed by atoms with Crippen molar-refractivity contribution in [1.29, 1.82) is 0 Å². The van der Waals surface area contributed by atoms with Gasteiger partial charge in [-0.3, -0.25) is 0 Å². The van der Waals surface area contributed by atoms with E-state index < -0.39 is 0 Å². The van der Waals surface area contributed by atoms with E-state index in [-0.39, 0.29) is 0 Å². The first-order valence-corrected chi connectivity index (χ1v) is 7.49. The van der Waals surface area contributed by atoms with Gasteiger partial charge in [0.05, 0.1) is 12.3 Å². The van der Waals surface area contributed by atoms with Gasteiger partial charge in [0, 0.05) is 10.9 Å². The van der Waals surface area contributed by atoms with E-state index in [9.17, 15) is 0 Å². The number of nitrogens with one attached hydrogen (secondary N) is 1. The topological polar surface area (TPSA) is 51.0 Å². The fourth-order valence-electron chi connectivity index (χ4n) is 1.49. The second kappa shape index (κ2) is 7.31. The molecule has 1 aromatic heterocycles. The molecule has 1 unspecified atom stereocenters. The Morgan fingerprint density at radius 3 is 2.84 bits per heavy atom. The first-order chi connectivity index (χ1) is 9.28. The van der Waals surface area contributed by atoms with Gasteiger partial charge in [-0.2, -0.15) is 4.98 Å². The number of aromatic nitrogens is 2. The van der Waals surface area contributed by atoms with Gasteiger partial charge in [-0.1, -0.05) is 30.3 Å². The normalized spacial score (nSPS) is 12.5. The second-order valence-electron chi connectivity index (χ2n) is 4.40. The molecule has 0 amide bonds. The summed E-state index contributed by atoms with van der Waals surface area (Å²) in [5.74, 6) is 2.13. The smallest absolute Gasteiger partial charge is 0.240 e. The molecule has 2 aromatic rings. The lowest BCUT2D eigenvalue weighted by Gasteiger charge is -2.07. The number of hydrogen-bond donors (Lipinski definition) is 1. The number of hydrogen-bond acceptors (Lipinski definition) is 5. The summed E-state index contributed by atoms with van der Waals surface area (Å²) in [6, 6.07) is 10.7. The van der Waals surface area contributed by atoms with Gasteiger partial charge >= 0.3 is 0 Å². The molecule has 0 radical (unpaired) electrons. The maximum absolute atomic E-state index is 5.21. The van der Waals surface area contributed by atoms with E-state index in [1.54, 1.807) is 11.8 Å². The fourth-order valence-corrected chi connectivity index (χ4v) is 2.25. The van der Waals surface area contributed by atoms with Gasteiger partial charge in [-0.15, -0.1) is 11.8 Å². The zero-order valence-corrected chi connectivity index (χ0v) is 12.1. The van der Waals surface area contributed by atoms with E-state index in [1.165, 1.54) is 4.90 Å². The second-order valence-corrected chi connectivity index (χ2v) is 5.45. The van der Waals surface area contributed by atoms with Crippen LogP contribution in [0.5, 0.6) is 0 Å². The lowest BCUT2D eigenvalue weighted by molar-refractivity contribution is 0.355. The van der Waals surface area contributed by atoms with Crippen LogP contribution in [0.3, 0.4) is 0 Å². The van der Waals surface area contributed by atoms with Crippen molar-refractivity contribution < 1.29 is 4.52 Å². The van der Waals surface area contributed by atoms with Crippen LogP contribution in [-0.2, 0) is 12.3 Å². The van der Waals surface area contributed by atoms with Crippen LogP contribution in [0.4, 0.5) is 0 Å². The third kappa shape index (κ3) is 4.69. The fraction of sp³-hybridized carbons (Fsp3) is 0.429. The highest BCUT2D eigenvalue weighted by Crippen LogP contribution is 2.20. The molecular weight excluding hydrogens is 258 g/mol. The maximum Gasteiger partial charge on any atom is 0.240 e. The van der Waals surface area contributed by atoms with Gasteiger partial charge in [-0.05, 0) is 25.5 Å². The molecule has 1 atom stereocenters. The first-order valence-electron chi connectivity index (χ1n) is 6.50. The maximum atomic E-state index is 5.21. The largest absolute Gasteiger partial charge is 0.338 e. The summed E-state index contributed by atoms with van der Waals surface area (Å²) in [6.45, 7) is 4.92. The molecular formula is C14H19N3OS. The van der Waals surface area contributed by atoms with Gasteiger partial charge in [0.25, 0.3) is 0 Å². The zero-order chi connectivity index (χ0) is 13.5. The zero-order valence-electron chi connectivity index (χ0n) is 11.3. The molecule has 0 bridgehead atoms. The average molecular weight is 277 g/mol. The molecule has 0 saturated heterocycles. The van der Waals surface area contributed by atoms with E-state index in [4.69, 9.17) is 4.52 Å². The minimum absolute atomic E-state index is 0.467. The van der Waals surface area contributed by atoms with Crippen LogP contribution in [0, 0.1) is 0 Å². The molecule has 2 rings (SSSR count). The Balaban J connectivity index is 1.81. The molecule has 4 nitrogen and oxygen atoms in total. The Kier molecular flexibility index (Phi) is 5.42. The van der Waals surface area contributed by atoms with E-state index in [0.717, 1.165) is 18.0 Å². The van der Waals surface area contributed by atoms with Crippen LogP contribution < -0.4 is 5.32 Å². The highest BCUT2D eigenvalue weighted by atomic mass is 32.2. The Labute approximate surface area is 118 Å². The molecule has 0 fully saturated rings. The minimum atomic E-state index is 0.467. The van der Waals surface area contributed by atoms with E-state index in [1.807, 2.05) is 18.2 Å². The highest BCUT2D eigenvalue weighted by molar-refractivity contribution is 7.98. The molecule has 5 heteroatoms. The minimum Gasteiger partial charge on any atom is -0.338 e. The Morgan fingerprint density at radius 1 is 1.32 bits per heavy atom. The van der Waals surface area contributed by atoms with Crippen molar-refractivity contribution in [3.63, 3.8) is 0 Å². The first kappa shape index (κ1) is 14.1. The van der Waals surface area contributed by atoms with Gasteiger partial charge in [0.1, 0.15) is 0 Å². The van der Waals surface area contributed by atoms with Gasteiger partial charge < -0.3 is 9.84 Å². The van der Waals surface area contributed by atoms with Crippen LogP contribution in [0.15, 0.2) is 39.8 Å². The van der Waals surface area contributed by atoms with E-state index in [0.29, 0.717) is 18.5 Å². The molecule has 0 aliphatic heterocycles. The molecule has 1 heterocycles. The Morgan fingerprint density at radius 2 is 2.11 bits per heavy atom. The summed E-state index contributed by atoms with van der Waals surface area (Å²) in [6.07, 6.45) is 1.09. The summed E-state index contributed by atoms with van der Waals surface area (Å²) in [7, 11) is 0. The molecule has 1 N–H and O–H groups in total. The number of nitrogens with zero attached hydrogens (tertiary/aromatic N) is 2. The Hall–Kier alpha value is -1.33. The van der Waals surface area contributed by atoms with Crippen molar-refractivity contribution in [3.05, 3.63) is 42.0 Å². The van der Waals surface area contributed by atoms with Crippen LogP contribution >= 0.6 is 11.8 Å². The van der Waals surface area contributed by atoms with Crippen LogP contribution in [0.1, 0.15) is 32.0 Å². The number of rotatable bonds is 7. The van der Waals surface area contributed by atoms with Gasteiger partial charge in [-0.25, -0.2) is 0 Å². The summed E-state index contributed by atoms with van der Waals surface area (Å²) in [5.41, 5.74) is 0. The van der Waals surface area contributed by atoms with Crippen LogP contribution in [-0.4, -0.2) is 16.2 Å². The third-order valence-corrected chi connectivity index (χ3v) is 3.84. The van der Waals surface area contributed by atoms with E-state index >= 15 is 0 Å². The van der Waals surface area contributed by atoms with Crippen molar-refractivity contribution in [3.8, 4) is 0 Å². The Bertz CT molecular complexity index is 486. The molecule has 0 spiro atoms. The molecule has 1 aromatic carbocycles. The summed E-state index contributed by atoms with van der Waals surface area (Å²) in [5, 5.41) is 7.32. The van der Waals surface area contributed by atoms with Crippen molar-refractivity contribution in [2.75, 3.05) is 0 Å². The summed E-state index contributed by atoms with van der Waals surface area (Å²) in [4.78, 5) is 5.58. The van der Waals surface area contributed by atoms with Crippen molar-refractivity contribution in [1.82, 2.24) is 15.5 Å². The molecule has 0 aliphatic rings. The standard InChI is InChI=1S/C14H19N3OS/c1-3-11(2)15-9-14-16-13(17-18-14)10-19-12-7-5-4-6-8-12/h4-8,11,15H,3,9-10H2,1-2H3. The SMILES string of the molecule is CCC(C)NCc1nc(CSc2ccccc2)no1. The van der Waals surface area contributed by atoms with Gasteiger partial charge in [0.2, 0.25) is 5.89 Å². The van der Waals surface area contributed by atoms with Gasteiger partial charge in [0.15, 0.2) is 5.82 Å². The number of benzene rings is 1. The summed E-state index contributed by atoms with van der Waals surface area (Å²) >= 11 is 1.71. The lowest BCUT2D eigenvalue weighted by Crippen LogP contribution is -2.24. The third-order valence-electron chi connectivity index (χ3n) is 2.84. The molecule has 19 heavy (non-hydrogen) atoms. The van der Waals surface area contributed by atoms with Crippen LogP contribution in [0.2, 0.25) is 0 Å². The molecule has 0 aliphatic carbocycles. The van der Waals surface area contributed by atoms with Crippen molar-refractivity contribution in [2.45, 2.75) is 43.5 Å². The predicted molar refractivity (Wildman–Crippen MR) is 76.9 cm³/mol. The predicted octanol–water partition coefficient (Wildman–Crippen LogP) is 3.25. The lowest BCUT2D eigenvalue weighted by atomic mass is 10.3. The summed E-state index contributed by atoms with van der Waals surface area (Å²) < 4.78 is 5.21. The van der Waals surface area contributed by atoms with E-state index in [2.05, 4.69) is 41.4 Å². The monoisotopic (exact) mass is 277 g/mol. The number of thioether (sulfide) groups is 1. The highest BCUT2D eigenvalue weighted by Gasteiger charge is 2.07. The van der Waals surface area contributed by atoms with Crippen LogP contribution in [0.25, 0.3) is 0 Å². The quantitative estimate of drug-likeness (QED) is 0.787. The van der Waals surface area contributed by atoms with Crippen molar-refractivity contribution >= 4 is 11.8 Å². The molecule has 102 valence electrons.